The molecule has 0 spiro atoms. The number of nitrogens with zero attached hydrogens (tertiary/aromatic N) is 3. The number of primary amides is 1. The predicted octanol–water partition coefficient (Wildman–Crippen LogP) is 1.80. The van der Waals surface area contributed by atoms with E-state index in [1.54, 1.807) is 25.1 Å². The van der Waals surface area contributed by atoms with Crippen LogP contribution in [-0.2, 0) is 16.1 Å². The lowest BCUT2D eigenvalue weighted by Gasteiger charge is -2.21. The number of alkyl halides is 2. The first-order chi connectivity index (χ1) is 13.9. The largest absolute Gasteiger partial charge is 0.491 e. The third-order valence-electron chi connectivity index (χ3n) is 4.98. The van der Waals surface area contributed by atoms with Gasteiger partial charge in [-0.25, -0.2) is 13.8 Å². The average Bonchev–Trinajstić information content (AvgIpc) is 3.23. The molecule has 1 fully saturated rings. The third-order valence-corrected chi connectivity index (χ3v) is 4.98. The van der Waals surface area contributed by atoms with E-state index in [4.69, 9.17) is 15.2 Å². The molecule has 3 N–H and O–H groups in total. The van der Waals surface area contributed by atoms with Crippen molar-refractivity contribution in [3.8, 4) is 17.1 Å². The highest BCUT2D eigenvalue weighted by Gasteiger charge is 2.37. The summed E-state index contributed by atoms with van der Waals surface area (Å²) >= 11 is 0. The Morgan fingerprint density at radius 3 is 2.93 bits per heavy atom. The van der Waals surface area contributed by atoms with Crippen molar-refractivity contribution in [3.63, 3.8) is 0 Å². The summed E-state index contributed by atoms with van der Waals surface area (Å²) in [6, 6.07) is 3.18. The van der Waals surface area contributed by atoms with Crippen molar-refractivity contribution in [1.29, 1.82) is 0 Å². The molecule has 1 aromatic heterocycles. The van der Waals surface area contributed by atoms with Gasteiger partial charge < -0.3 is 25.4 Å². The minimum Gasteiger partial charge on any atom is -0.491 e. The number of nitrogens with one attached hydrogen (secondary N) is 1. The summed E-state index contributed by atoms with van der Waals surface area (Å²) in [6.07, 6.45) is -2.69. The van der Waals surface area contributed by atoms with E-state index in [1.807, 2.05) is 0 Å². The molecule has 156 valence electrons. The van der Waals surface area contributed by atoms with Crippen LogP contribution < -0.4 is 20.7 Å². The lowest BCUT2D eigenvalue weighted by molar-refractivity contribution is -0.118. The van der Waals surface area contributed by atoms with Gasteiger partial charge in [0, 0.05) is 11.8 Å². The Morgan fingerprint density at radius 2 is 2.21 bits per heavy atom. The molecule has 3 heterocycles. The first-order valence-electron chi connectivity index (χ1n) is 9.08. The zero-order valence-electron chi connectivity index (χ0n) is 15.6. The summed E-state index contributed by atoms with van der Waals surface area (Å²) in [6.45, 7) is 1.61. The standard InChI is InChI=1S/C18H20F3N5O3/c1-9(16(22)27)23-10-2-3-11-13(6-10)29-5-4-25-15(21)18(24-17(11)25)26-8-28-7-12(26)14(19)20/h2-3,6,9,12,14,23H,4-5,7-8H2,1H3,(H2,22,27)/t9-,12-/m0/s1. The Labute approximate surface area is 164 Å². The highest BCUT2D eigenvalue weighted by atomic mass is 19.3. The summed E-state index contributed by atoms with van der Waals surface area (Å²) in [5, 5.41) is 2.95. The molecule has 0 radical (unpaired) electrons. The van der Waals surface area contributed by atoms with Gasteiger partial charge >= 0.3 is 0 Å². The summed E-state index contributed by atoms with van der Waals surface area (Å²) in [7, 11) is 0. The molecule has 2 aliphatic heterocycles. The molecular weight excluding hydrogens is 391 g/mol. The molecule has 0 unspecified atom stereocenters. The van der Waals surface area contributed by atoms with E-state index in [-0.39, 0.29) is 38.1 Å². The van der Waals surface area contributed by atoms with Crippen molar-refractivity contribution in [2.45, 2.75) is 32.0 Å². The molecule has 0 bridgehead atoms. The van der Waals surface area contributed by atoms with Gasteiger partial charge in [-0.15, -0.1) is 0 Å². The zero-order chi connectivity index (χ0) is 20.7. The van der Waals surface area contributed by atoms with Crippen molar-refractivity contribution in [2.24, 2.45) is 5.73 Å². The molecule has 8 nitrogen and oxygen atoms in total. The zero-order valence-corrected chi connectivity index (χ0v) is 15.6. The summed E-state index contributed by atoms with van der Waals surface area (Å²) in [5.41, 5.74) is 6.38. The molecule has 0 aliphatic carbocycles. The number of carbonyl (C=O) groups is 1. The number of imidazole rings is 1. The number of carbonyl (C=O) groups excluding carboxylic acids is 1. The van der Waals surface area contributed by atoms with Gasteiger partial charge in [-0.1, -0.05) is 0 Å². The number of rotatable bonds is 5. The van der Waals surface area contributed by atoms with Crippen molar-refractivity contribution in [1.82, 2.24) is 9.55 Å². The minimum absolute atomic E-state index is 0.153. The highest BCUT2D eigenvalue weighted by Crippen LogP contribution is 2.38. The Hall–Kier alpha value is -2.95. The van der Waals surface area contributed by atoms with E-state index >= 15 is 4.39 Å². The molecule has 1 aromatic carbocycles. The molecule has 1 amide bonds. The number of fused-ring (bicyclic) bond motifs is 3. The fourth-order valence-electron chi connectivity index (χ4n) is 3.38. The van der Waals surface area contributed by atoms with Crippen LogP contribution in [0.5, 0.6) is 5.75 Å². The number of hydrogen-bond acceptors (Lipinski definition) is 6. The molecule has 11 heteroatoms. The second-order valence-corrected chi connectivity index (χ2v) is 6.90. The van der Waals surface area contributed by atoms with Crippen molar-refractivity contribution in [3.05, 3.63) is 24.1 Å². The summed E-state index contributed by atoms with van der Waals surface area (Å²) in [5.74, 6) is -0.675. The number of nitrogens with two attached hydrogens (primary N) is 1. The summed E-state index contributed by atoms with van der Waals surface area (Å²) < 4.78 is 53.7. The Balaban J connectivity index is 1.71. The van der Waals surface area contributed by atoms with E-state index in [9.17, 15) is 13.6 Å². The fourth-order valence-corrected chi connectivity index (χ4v) is 3.38. The normalized spacial score (nSPS) is 19.3. The van der Waals surface area contributed by atoms with E-state index in [2.05, 4.69) is 10.3 Å². The lowest BCUT2D eigenvalue weighted by Crippen LogP contribution is -2.37. The van der Waals surface area contributed by atoms with Gasteiger partial charge in [0.05, 0.1) is 18.7 Å². The number of halogens is 3. The van der Waals surface area contributed by atoms with Gasteiger partial charge in [0.15, 0.2) is 5.82 Å². The quantitative estimate of drug-likeness (QED) is 0.779. The Morgan fingerprint density at radius 1 is 1.41 bits per heavy atom. The summed E-state index contributed by atoms with van der Waals surface area (Å²) in [4.78, 5) is 16.7. The maximum atomic E-state index is 15.1. The molecule has 2 aromatic rings. The number of benzene rings is 1. The Kier molecular flexibility index (Phi) is 4.99. The molecule has 2 atom stereocenters. The van der Waals surface area contributed by atoms with Gasteiger partial charge in [-0.2, -0.15) is 4.39 Å². The number of ether oxygens (including phenoxy) is 2. The van der Waals surface area contributed by atoms with E-state index in [0.717, 1.165) is 4.90 Å². The SMILES string of the molecule is C[C@H](Nc1ccc2c(c1)OCCn1c-2nc(N2COC[C@H]2C(F)F)c1F)C(N)=O. The number of anilines is 2. The maximum Gasteiger partial charge on any atom is 0.260 e. The number of aromatic nitrogens is 2. The van der Waals surface area contributed by atoms with Crippen LogP contribution in [0.4, 0.5) is 24.7 Å². The van der Waals surface area contributed by atoms with Crippen LogP contribution in [0.3, 0.4) is 0 Å². The van der Waals surface area contributed by atoms with E-state index < -0.39 is 30.4 Å². The Bertz CT molecular complexity index is 936. The number of hydrogen-bond donors (Lipinski definition) is 2. The van der Waals surface area contributed by atoms with Crippen LogP contribution in [0, 0.1) is 5.95 Å². The van der Waals surface area contributed by atoms with Gasteiger partial charge in [0.25, 0.3) is 6.43 Å². The van der Waals surface area contributed by atoms with E-state index in [0.29, 0.717) is 17.0 Å². The number of amides is 1. The van der Waals surface area contributed by atoms with Crippen LogP contribution in [0.15, 0.2) is 18.2 Å². The smallest absolute Gasteiger partial charge is 0.260 e. The first kappa shape index (κ1) is 19.4. The topological polar surface area (TPSA) is 94.6 Å². The third kappa shape index (κ3) is 3.46. The molecule has 2 aliphatic rings. The van der Waals surface area contributed by atoms with Gasteiger partial charge in [0.2, 0.25) is 11.9 Å². The molecule has 29 heavy (non-hydrogen) atoms. The lowest BCUT2D eigenvalue weighted by atomic mass is 10.1. The highest BCUT2D eigenvalue weighted by molar-refractivity contribution is 5.83. The molecule has 0 saturated carbocycles. The van der Waals surface area contributed by atoms with E-state index in [1.165, 1.54) is 4.57 Å². The predicted molar refractivity (Wildman–Crippen MR) is 98.5 cm³/mol. The maximum absolute atomic E-state index is 15.1. The minimum atomic E-state index is -2.69. The monoisotopic (exact) mass is 411 g/mol. The van der Waals surface area contributed by atoms with Crippen LogP contribution in [0.25, 0.3) is 11.4 Å². The molecule has 1 saturated heterocycles. The second kappa shape index (κ2) is 7.47. The second-order valence-electron chi connectivity index (χ2n) is 6.90. The average molecular weight is 411 g/mol. The van der Waals surface area contributed by atoms with Crippen LogP contribution in [-0.4, -0.2) is 53.9 Å². The van der Waals surface area contributed by atoms with Gasteiger partial charge in [-0.05, 0) is 19.1 Å². The van der Waals surface area contributed by atoms with Crippen LogP contribution >= 0.6 is 0 Å². The van der Waals surface area contributed by atoms with Gasteiger partial charge in [0.1, 0.15) is 37.0 Å². The van der Waals surface area contributed by atoms with Crippen LogP contribution in [0.1, 0.15) is 6.92 Å². The van der Waals surface area contributed by atoms with Crippen molar-refractivity contribution in [2.75, 3.05) is 30.2 Å². The molecular formula is C18H20F3N5O3. The first-order valence-corrected chi connectivity index (χ1v) is 9.08. The van der Waals surface area contributed by atoms with Crippen molar-refractivity contribution < 1.29 is 27.4 Å². The fraction of sp³-hybridized carbons (Fsp3) is 0.444. The van der Waals surface area contributed by atoms with Crippen molar-refractivity contribution >= 4 is 17.4 Å². The molecule has 4 rings (SSSR count). The van der Waals surface area contributed by atoms with Crippen LogP contribution in [0.2, 0.25) is 0 Å². The van der Waals surface area contributed by atoms with Gasteiger partial charge in [-0.3, -0.25) is 9.36 Å².